The highest BCUT2D eigenvalue weighted by molar-refractivity contribution is 9.09. The quantitative estimate of drug-likeness (QED) is 0.335. The zero-order valence-electron chi connectivity index (χ0n) is 8.89. The Morgan fingerprint density at radius 1 is 1.25 bits per heavy atom. The average molecular weight is 288 g/mol. The van der Waals surface area contributed by atoms with E-state index in [1.165, 1.54) is 12.1 Å². The van der Waals surface area contributed by atoms with Gasteiger partial charge in [0.1, 0.15) is 0 Å². The molecule has 1 aromatic rings. The molecule has 0 aliphatic rings. The van der Waals surface area contributed by atoms with Gasteiger partial charge >= 0.3 is 0 Å². The van der Waals surface area contributed by atoms with Crippen LogP contribution in [0.3, 0.4) is 0 Å². The Kier molecular flexibility index (Phi) is 6.03. The summed E-state index contributed by atoms with van der Waals surface area (Å²) < 4.78 is 5.43. The smallest absolute Gasteiger partial charge is 0.269 e. The molecule has 0 aliphatic heterocycles. The maximum Gasteiger partial charge on any atom is 0.269 e. The molecular formula is C11H14BrNO3. The molecule has 0 atom stereocenters. The predicted octanol–water partition coefficient (Wildman–Crippen LogP) is 3.29. The summed E-state index contributed by atoms with van der Waals surface area (Å²) in [5, 5.41) is 11.4. The van der Waals surface area contributed by atoms with Gasteiger partial charge in [0.05, 0.1) is 11.5 Å². The number of non-ortho nitro benzene ring substituents is 1. The zero-order chi connectivity index (χ0) is 11.8. The Morgan fingerprint density at radius 3 is 2.50 bits per heavy atom. The third kappa shape index (κ3) is 4.72. The standard InChI is InChI=1S/C11H14BrNO3/c12-7-1-2-8-16-9-10-3-5-11(6-4-10)13(14)15/h3-6H,1-2,7-9H2. The van der Waals surface area contributed by atoms with Gasteiger partial charge in [-0.1, -0.05) is 15.9 Å². The van der Waals surface area contributed by atoms with Crippen molar-refractivity contribution >= 4 is 21.6 Å². The van der Waals surface area contributed by atoms with Gasteiger partial charge in [-0.05, 0) is 30.5 Å². The fourth-order valence-electron chi connectivity index (χ4n) is 1.20. The van der Waals surface area contributed by atoms with Crippen LogP contribution < -0.4 is 0 Å². The molecule has 1 rings (SSSR count). The molecule has 4 nitrogen and oxygen atoms in total. The Bertz CT molecular complexity index is 327. The lowest BCUT2D eigenvalue weighted by atomic mass is 10.2. The summed E-state index contributed by atoms with van der Waals surface area (Å²) >= 11 is 3.35. The van der Waals surface area contributed by atoms with Gasteiger partial charge in [-0.25, -0.2) is 0 Å². The number of hydrogen-bond acceptors (Lipinski definition) is 3. The van der Waals surface area contributed by atoms with Crippen LogP contribution in [0.4, 0.5) is 5.69 Å². The van der Waals surface area contributed by atoms with Crippen molar-refractivity contribution in [3.63, 3.8) is 0 Å². The van der Waals surface area contributed by atoms with Crippen LogP contribution in [0.5, 0.6) is 0 Å². The summed E-state index contributed by atoms with van der Waals surface area (Å²) in [6.07, 6.45) is 2.12. The van der Waals surface area contributed by atoms with Crippen LogP contribution in [-0.2, 0) is 11.3 Å². The number of halogens is 1. The van der Waals surface area contributed by atoms with Gasteiger partial charge in [-0.15, -0.1) is 0 Å². The number of nitro benzene ring substituents is 1. The van der Waals surface area contributed by atoms with Crippen molar-refractivity contribution in [3.05, 3.63) is 39.9 Å². The van der Waals surface area contributed by atoms with E-state index in [1.54, 1.807) is 12.1 Å². The molecule has 0 aromatic heterocycles. The van der Waals surface area contributed by atoms with Gasteiger partial charge in [0.25, 0.3) is 5.69 Å². The predicted molar refractivity (Wildman–Crippen MR) is 65.8 cm³/mol. The van der Waals surface area contributed by atoms with Crippen LogP contribution in [0.15, 0.2) is 24.3 Å². The summed E-state index contributed by atoms with van der Waals surface area (Å²) in [5.41, 5.74) is 1.08. The van der Waals surface area contributed by atoms with Crippen LogP contribution in [0.1, 0.15) is 18.4 Å². The van der Waals surface area contributed by atoms with Crippen molar-refractivity contribution in [1.29, 1.82) is 0 Å². The number of unbranched alkanes of at least 4 members (excludes halogenated alkanes) is 1. The molecule has 0 spiro atoms. The molecule has 0 fully saturated rings. The molecule has 0 heterocycles. The van der Waals surface area contributed by atoms with E-state index >= 15 is 0 Å². The van der Waals surface area contributed by atoms with E-state index in [-0.39, 0.29) is 5.69 Å². The first-order chi connectivity index (χ1) is 7.74. The van der Waals surface area contributed by atoms with Gasteiger partial charge in [-0.3, -0.25) is 10.1 Å². The largest absolute Gasteiger partial charge is 0.377 e. The van der Waals surface area contributed by atoms with Crippen LogP contribution >= 0.6 is 15.9 Å². The summed E-state index contributed by atoms with van der Waals surface area (Å²) in [4.78, 5) is 10.0. The number of rotatable bonds is 7. The summed E-state index contributed by atoms with van der Waals surface area (Å²) in [7, 11) is 0. The highest BCUT2D eigenvalue weighted by Gasteiger charge is 2.03. The zero-order valence-corrected chi connectivity index (χ0v) is 10.5. The van der Waals surface area contributed by atoms with Crippen molar-refractivity contribution < 1.29 is 9.66 Å². The number of benzene rings is 1. The molecule has 0 radical (unpaired) electrons. The first-order valence-corrected chi connectivity index (χ1v) is 6.23. The van der Waals surface area contributed by atoms with Crippen molar-refractivity contribution in [2.75, 3.05) is 11.9 Å². The minimum atomic E-state index is -0.402. The molecule has 0 bridgehead atoms. The summed E-state index contributed by atoms with van der Waals surface area (Å²) in [5.74, 6) is 0. The molecule has 1 aromatic carbocycles. The van der Waals surface area contributed by atoms with Crippen molar-refractivity contribution in [3.8, 4) is 0 Å². The van der Waals surface area contributed by atoms with E-state index in [4.69, 9.17) is 4.74 Å². The third-order valence-electron chi connectivity index (χ3n) is 2.09. The molecule has 88 valence electrons. The molecule has 0 N–H and O–H groups in total. The summed E-state index contributed by atoms with van der Waals surface area (Å²) in [6, 6.07) is 6.44. The molecule has 5 heteroatoms. The molecular weight excluding hydrogens is 274 g/mol. The van der Waals surface area contributed by atoms with Crippen LogP contribution in [0, 0.1) is 10.1 Å². The van der Waals surface area contributed by atoms with Crippen molar-refractivity contribution in [1.82, 2.24) is 0 Å². The second-order valence-corrected chi connectivity index (χ2v) is 4.17. The Labute approximate surface area is 103 Å². The third-order valence-corrected chi connectivity index (χ3v) is 2.65. The highest BCUT2D eigenvalue weighted by Crippen LogP contribution is 2.12. The summed E-state index contributed by atoms with van der Waals surface area (Å²) in [6.45, 7) is 1.24. The Hall–Kier alpha value is -0.940. The first-order valence-electron chi connectivity index (χ1n) is 5.11. The van der Waals surface area contributed by atoms with Gasteiger partial charge in [0, 0.05) is 24.1 Å². The fraction of sp³-hybridized carbons (Fsp3) is 0.455. The molecule has 0 saturated carbocycles. The van der Waals surface area contributed by atoms with E-state index in [2.05, 4.69) is 15.9 Å². The lowest BCUT2D eigenvalue weighted by Crippen LogP contribution is -1.96. The number of hydrogen-bond donors (Lipinski definition) is 0. The van der Waals surface area contributed by atoms with Crippen molar-refractivity contribution in [2.24, 2.45) is 0 Å². The maximum absolute atomic E-state index is 10.4. The number of nitro groups is 1. The van der Waals surface area contributed by atoms with Crippen LogP contribution in [-0.4, -0.2) is 16.9 Å². The Morgan fingerprint density at radius 2 is 1.94 bits per heavy atom. The lowest BCUT2D eigenvalue weighted by Gasteiger charge is -2.03. The lowest BCUT2D eigenvalue weighted by molar-refractivity contribution is -0.384. The average Bonchev–Trinajstić information content (AvgIpc) is 2.29. The fourth-order valence-corrected chi connectivity index (χ4v) is 1.60. The van der Waals surface area contributed by atoms with Crippen molar-refractivity contribution in [2.45, 2.75) is 19.4 Å². The van der Waals surface area contributed by atoms with E-state index in [9.17, 15) is 10.1 Å². The van der Waals surface area contributed by atoms with Gasteiger partial charge < -0.3 is 4.74 Å². The number of alkyl halides is 1. The number of ether oxygens (including phenoxy) is 1. The van der Waals surface area contributed by atoms with E-state index in [1.807, 2.05) is 0 Å². The minimum Gasteiger partial charge on any atom is -0.377 e. The maximum atomic E-state index is 10.4. The van der Waals surface area contributed by atoms with Crippen LogP contribution in [0.25, 0.3) is 0 Å². The minimum absolute atomic E-state index is 0.114. The molecule has 16 heavy (non-hydrogen) atoms. The normalized spacial score (nSPS) is 10.3. The van der Waals surface area contributed by atoms with Gasteiger partial charge in [0.15, 0.2) is 0 Å². The van der Waals surface area contributed by atoms with Gasteiger partial charge in [-0.2, -0.15) is 0 Å². The second kappa shape index (κ2) is 7.35. The Balaban J connectivity index is 2.29. The monoisotopic (exact) mass is 287 g/mol. The van der Waals surface area contributed by atoms with E-state index in [0.717, 1.165) is 30.3 Å². The van der Waals surface area contributed by atoms with E-state index in [0.29, 0.717) is 6.61 Å². The van der Waals surface area contributed by atoms with Crippen LogP contribution in [0.2, 0.25) is 0 Å². The second-order valence-electron chi connectivity index (χ2n) is 3.37. The molecule has 0 aliphatic carbocycles. The SMILES string of the molecule is O=[N+]([O-])c1ccc(COCCCCBr)cc1. The number of nitrogens with zero attached hydrogens (tertiary/aromatic N) is 1. The van der Waals surface area contributed by atoms with Gasteiger partial charge in [0.2, 0.25) is 0 Å². The first kappa shape index (κ1) is 13.1. The topological polar surface area (TPSA) is 52.4 Å². The van der Waals surface area contributed by atoms with E-state index < -0.39 is 4.92 Å². The molecule has 0 unspecified atom stereocenters. The highest BCUT2D eigenvalue weighted by atomic mass is 79.9. The molecule has 0 amide bonds. The molecule has 0 saturated heterocycles.